The highest BCUT2D eigenvalue weighted by Gasteiger charge is 2.06. The van der Waals surface area contributed by atoms with Crippen LogP contribution in [0.1, 0.15) is 17.1 Å². The third-order valence-electron chi connectivity index (χ3n) is 2.87. The van der Waals surface area contributed by atoms with Gasteiger partial charge in [0.1, 0.15) is 5.82 Å². The van der Waals surface area contributed by atoms with Gasteiger partial charge >= 0.3 is 0 Å². The van der Waals surface area contributed by atoms with Gasteiger partial charge in [-0.15, -0.1) is 0 Å². The van der Waals surface area contributed by atoms with Gasteiger partial charge in [0.2, 0.25) is 0 Å². The lowest BCUT2D eigenvalue weighted by Crippen LogP contribution is -1.93. The van der Waals surface area contributed by atoms with Gasteiger partial charge in [-0.25, -0.2) is 9.37 Å². The fourth-order valence-corrected chi connectivity index (χ4v) is 2.60. The number of thioether (sulfide) groups is 1. The zero-order valence-electron chi connectivity index (χ0n) is 11.2. The Hall–Kier alpha value is -2.21. The van der Waals surface area contributed by atoms with Crippen molar-refractivity contribution in [2.45, 2.75) is 17.3 Å². The van der Waals surface area contributed by atoms with E-state index < -0.39 is 0 Å². The topological polar surface area (TPSA) is 54.5 Å². The second kappa shape index (κ2) is 6.49. The van der Waals surface area contributed by atoms with Crippen molar-refractivity contribution >= 4 is 11.8 Å². The van der Waals surface area contributed by atoms with Crippen molar-refractivity contribution in [3.8, 4) is 0 Å². The fraction of sp³-hybridized carbons (Fsp3) is 0.133. The number of hydrogen-bond acceptors (Lipinski definition) is 4. The van der Waals surface area contributed by atoms with Crippen molar-refractivity contribution in [3.63, 3.8) is 0 Å². The number of rotatable bonds is 5. The van der Waals surface area contributed by atoms with Crippen LogP contribution < -0.4 is 0 Å². The van der Waals surface area contributed by atoms with Crippen LogP contribution in [0.2, 0.25) is 0 Å². The first-order chi connectivity index (χ1) is 10.3. The molecule has 0 aliphatic rings. The molecule has 0 radical (unpaired) electrons. The summed E-state index contributed by atoms with van der Waals surface area (Å²) in [6.07, 6.45) is 2.36. The number of benzene rings is 1. The molecule has 0 amide bonds. The molecule has 1 N–H and O–H groups in total. The maximum Gasteiger partial charge on any atom is 0.184 e. The van der Waals surface area contributed by atoms with Crippen molar-refractivity contribution in [1.82, 2.24) is 20.2 Å². The molecular weight excluding hydrogens is 287 g/mol. The molecule has 6 heteroatoms. The van der Waals surface area contributed by atoms with Crippen LogP contribution in [0.3, 0.4) is 0 Å². The van der Waals surface area contributed by atoms with E-state index in [-0.39, 0.29) is 5.82 Å². The molecule has 0 unspecified atom stereocenters. The lowest BCUT2D eigenvalue weighted by Gasteiger charge is -1.98. The maximum absolute atomic E-state index is 12.8. The van der Waals surface area contributed by atoms with Gasteiger partial charge in [0.05, 0.1) is 6.42 Å². The number of pyridine rings is 1. The molecule has 0 aliphatic heterocycles. The SMILES string of the molecule is Fc1ccc(CSc2nc(Cc3ccccn3)n[nH]2)cc1. The van der Waals surface area contributed by atoms with Gasteiger partial charge in [-0.3, -0.25) is 10.1 Å². The number of H-pyrrole nitrogens is 1. The lowest BCUT2D eigenvalue weighted by atomic mass is 10.2. The van der Waals surface area contributed by atoms with Crippen LogP contribution in [0.15, 0.2) is 53.8 Å². The van der Waals surface area contributed by atoms with Crippen LogP contribution in [0.25, 0.3) is 0 Å². The second-order valence-corrected chi connectivity index (χ2v) is 5.43. The average Bonchev–Trinajstić information content (AvgIpc) is 2.95. The van der Waals surface area contributed by atoms with E-state index >= 15 is 0 Å². The van der Waals surface area contributed by atoms with Gasteiger partial charge in [0, 0.05) is 17.6 Å². The molecule has 4 nitrogen and oxygen atoms in total. The minimum Gasteiger partial charge on any atom is -0.261 e. The van der Waals surface area contributed by atoms with E-state index in [9.17, 15) is 4.39 Å². The minimum atomic E-state index is -0.221. The smallest absolute Gasteiger partial charge is 0.184 e. The first-order valence-corrected chi connectivity index (χ1v) is 7.46. The summed E-state index contributed by atoms with van der Waals surface area (Å²) in [5, 5.41) is 7.84. The van der Waals surface area contributed by atoms with E-state index in [0.29, 0.717) is 6.42 Å². The normalized spacial score (nSPS) is 10.7. The van der Waals surface area contributed by atoms with Crippen molar-refractivity contribution in [2.75, 3.05) is 0 Å². The summed E-state index contributed by atoms with van der Waals surface area (Å²) in [6.45, 7) is 0. The molecule has 0 saturated heterocycles. The summed E-state index contributed by atoms with van der Waals surface area (Å²) in [4.78, 5) is 8.67. The molecule has 21 heavy (non-hydrogen) atoms. The number of halogens is 1. The van der Waals surface area contributed by atoms with Crippen LogP contribution in [-0.2, 0) is 12.2 Å². The summed E-state index contributed by atoms with van der Waals surface area (Å²) in [7, 11) is 0. The van der Waals surface area contributed by atoms with E-state index in [1.165, 1.54) is 23.9 Å². The minimum absolute atomic E-state index is 0.221. The quantitative estimate of drug-likeness (QED) is 0.735. The fourth-order valence-electron chi connectivity index (χ4n) is 1.82. The number of nitrogens with zero attached hydrogens (tertiary/aromatic N) is 3. The Kier molecular flexibility index (Phi) is 4.25. The van der Waals surface area contributed by atoms with Crippen LogP contribution in [0, 0.1) is 5.82 Å². The Morgan fingerprint density at radius 3 is 2.71 bits per heavy atom. The van der Waals surface area contributed by atoms with Gasteiger partial charge in [0.25, 0.3) is 0 Å². The molecule has 2 aromatic heterocycles. The Morgan fingerprint density at radius 1 is 1.10 bits per heavy atom. The average molecular weight is 300 g/mol. The molecule has 0 spiro atoms. The van der Waals surface area contributed by atoms with E-state index in [1.54, 1.807) is 18.3 Å². The first-order valence-electron chi connectivity index (χ1n) is 6.48. The predicted octanol–water partition coefficient (Wildman–Crippen LogP) is 3.22. The van der Waals surface area contributed by atoms with Crippen molar-refractivity contribution in [3.05, 3.63) is 71.6 Å². The highest BCUT2D eigenvalue weighted by atomic mass is 32.2. The van der Waals surface area contributed by atoms with E-state index in [0.717, 1.165) is 28.0 Å². The van der Waals surface area contributed by atoms with Crippen LogP contribution in [-0.4, -0.2) is 20.2 Å². The monoisotopic (exact) mass is 300 g/mol. The highest BCUT2D eigenvalue weighted by Crippen LogP contribution is 2.19. The third-order valence-corrected chi connectivity index (χ3v) is 3.80. The number of nitrogens with one attached hydrogen (secondary N) is 1. The van der Waals surface area contributed by atoms with Crippen LogP contribution in [0.5, 0.6) is 0 Å². The van der Waals surface area contributed by atoms with Gasteiger partial charge in [-0.1, -0.05) is 30.0 Å². The molecule has 0 fully saturated rings. The van der Waals surface area contributed by atoms with Gasteiger partial charge in [-0.05, 0) is 29.8 Å². The maximum atomic E-state index is 12.8. The Morgan fingerprint density at radius 2 is 1.95 bits per heavy atom. The zero-order valence-corrected chi connectivity index (χ0v) is 12.0. The van der Waals surface area contributed by atoms with Crippen molar-refractivity contribution in [2.24, 2.45) is 0 Å². The van der Waals surface area contributed by atoms with Crippen LogP contribution in [0.4, 0.5) is 4.39 Å². The largest absolute Gasteiger partial charge is 0.261 e. The van der Waals surface area contributed by atoms with Gasteiger partial charge in [0.15, 0.2) is 11.0 Å². The highest BCUT2D eigenvalue weighted by molar-refractivity contribution is 7.98. The molecule has 0 saturated carbocycles. The van der Waals surface area contributed by atoms with Gasteiger partial charge in [-0.2, -0.15) is 5.10 Å². The number of hydrogen-bond donors (Lipinski definition) is 1. The van der Waals surface area contributed by atoms with E-state index in [2.05, 4.69) is 20.2 Å². The molecule has 3 aromatic rings. The first kappa shape index (κ1) is 13.8. The number of aromatic nitrogens is 4. The predicted molar refractivity (Wildman–Crippen MR) is 79.4 cm³/mol. The summed E-state index contributed by atoms with van der Waals surface area (Å²) in [6, 6.07) is 12.2. The molecule has 0 aliphatic carbocycles. The Balaban J connectivity index is 1.59. The molecular formula is C15H13FN4S. The van der Waals surface area contributed by atoms with E-state index in [1.807, 2.05) is 18.2 Å². The van der Waals surface area contributed by atoms with Crippen LogP contribution >= 0.6 is 11.8 Å². The summed E-state index contributed by atoms with van der Waals surface area (Å²) in [5.41, 5.74) is 1.98. The van der Waals surface area contributed by atoms with Crippen molar-refractivity contribution < 1.29 is 4.39 Å². The standard InChI is InChI=1S/C15H13FN4S/c16-12-6-4-11(5-7-12)10-21-15-18-14(19-20-15)9-13-3-1-2-8-17-13/h1-8H,9-10H2,(H,18,19,20). The molecule has 1 aromatic carbocycles. The zero-order chi connectivity index (χ0) is 14.5. The Labute approximate surface area is 125 Å². The second-order valence-electron chi connectivity index (χ2n) is 4.47. The van der Waals surface area contributed by atoms with Gasteiger partial charge < -0.3 is 0 Å². The molecule has 106 valence electrons. The lowest BCUT2D eigenvalue weighted by molar-refractivity contribution is 0.627. The molecule has 0 atom stereocenters. The summed E-state index contributed by atoms with van der Waals surface area (Å²) < 4.78 is 12.8. The Bertz CT molecular complexity index is 697. The third kappa shape index (κ3) is 3.88. The summed E-state index contributed by atoms with van der Waals surface area (Å²) >= 11 is 1.54. The van der Waals surface area contributed by atoms with Crippen molar-refractivity contribution in [1.29, 1.82) is 0 Å². The molecule has 3 rings (SSSR count). The number of aromatic amines is 1. The molecule has 0 bridgehead atoms. The summed E-state index contributed by atoms with van der Waals surface area (Å²) in [5.74, 6) is 1.22. The molecule has 2 heterocycles. The van der Waals surface area contributed by atoms with E-state index in [4.69, 9.17) is 0 Å².